The molecule has 0 bridgehead atoms. The molecular weight excluding hydrogens is 358 g/mol. The molecule has 0 amide bonds. The second kappa shape index (κ2) is 7.84. The number of rotatable bonds is 5. The van der Waals surface area contributed by atoms with Gasteiger partial charge in [0.1, 0.15) is 11.6 Å². The third-order valence-electron chi connectivity index (χ3n) is 5.11. The number of benzene rings is 2. The van der Waals surface area contributed by atoms with Crippen LogP contribution in [0.15, 0.2) is 48.5 Å². The third kappa shape index (κ3) is 3.62. The maximum atomic E-state index is 9.36. The molecule has 4 rings (SSSR count). The Morgan fingerprint density at radius 2 is 1.76 bits per heavy atom. The summed E-state index contributed by atoms with van der Waals surface area (Å²) in [6.07, 6.45) is 2.71. The highest BCUT2D eigenvalue weighted by Crippen LogP contribution is 2.25. The van der Waals surface area contributed by atoms with Gasteiger partial charge in [0.25, 0.3) is 0 Å². The van der Waals surface area contributed by atoms with Gasteiger partial charge >= 0.3 is 0 Å². The van der Waals surface area contributed by atoms with Crippen LogP contribution < -0.4 is 0 Å². The average Bonchev–Trinajstić information content (AvgIpc) is 3.14. The van der Waals surface area contributed by atoms with Crippen molar-refractivity contribution in [1.29, 1.82) is 5.26 Å². The van der Waals surface area contributed by atoms with Crippen molar-refractivity contribution in [2.45, 2.75) is 40.0 Å². The predicted molar refractivity (Wildman–Crippen MR) is 114 cm³/mol. The molecule has 144 valence electrons. The van der Waals surface area contributed by atoms with E-state index in [4.69, 9.17) is 4.98 Å². The summed E-state index contributed by atoms with van der Waals surface area (Å²) < 4.78 is 1.85. The molecule has 0 fully saturated rings. The smallest absolute Gasteiger partial charge is 0.163 e. The topological polar surface area (TPSA) is 66.9 Å². The molecule has 5 heteroatoms. The summed E-state index contributed by atoms with van der Waals surface area (Å²) in [6.45, 7) is 6.06. The van der Waals surface area contributed by atoms with Crippen molar-refractivity contribution in [3.63, 3.8) is 0 Å². The molecule has 0 saturated carbocycles. The molecule has 0 N–H and O–H groups in total. The van der Waals surface area contributed by atoms with Crippen molar-refractivity contribution < 1.29 is 0 Å². The van der Waals surface area contributed by atoms with Crippen molar-refractivity contribution in [3.05, 3.63) is 82.6 Å². The third-order valence-corrected chi connectivity index (χ3v) is 5.11. The molecule has 0 aliphatic heterocycles. The van der Waals surface area contributed by atoms with Crippen molar-refractivity contribution in [3.8, 4) is 17.2 Å². The summed E-state index contributed by atoms with van der Waals surface area (Å²) in [4.78, 5) is 9.49. The second-order valence-corrected chi connectivity index (χ2v) is 7.26. The van der Waals surface area contributed by atoms with Crippen molar-refractivity contribution in [2.24, 2.45) is 0 Å². The van der Waals surface area contributed by atoms with Crippen LogP contribution in [0.5, 0.6) is 0 Å². The largest absolute Gasteiger partial charge is 0.238 e. The predicted octanol–water partition coefficient (Wildman–Crippen LogP) is 4.82. The Balaban J connectivity index is 1.73. The lowest BCUT2D eigenvalue weighted by Crippen LogP contribution is -2.08. The highest BCUT2D eigenvalue weighted by molar-refractivity contribution is 5.70. The van der Waals surface area contributed by atoms with Crippen LogP contribution >= 0.6 is 0 Å². The molecule has 0 spiro atoms. The first-order valence-corrected chi connectivity index (χ1v) is 9.91. The lowest BCUT2D eigenvalue weighted by molar-refractivity contribution is 0.787. The molecule has 2 aromatic heterocycles. The zero-order valence-electron chi connectivity index (χ0n) is 17.0. The molecular formula is C24H23N5. The Morgan fingerprint density at radius 3 is 2.48 bits per heavy atom. The molecule has 2 aromatic carbocycles. The van der Waals surface area contributed by atoms with Gasteiger partial charge in [-0.2, -0.15) is 9.78 Å². The van der Waals surface area contributed by atoms with Crippen LogP contribution in [0.2, 0.25) is 0 Å². The van der Waals surface area contributed by atoms with E-state index in [1.807, 2.05) is 42.6 Å². The van der Waals surface area contributed by atoms with Crippen LogP contribution in [0, 0.1) is 25.2 Å². The molecule has 29 heavy (non-hydrogen) atoms. The molecule has 0 atom stereocenters. The van der Waals surface area contributed by atoms with E-state index < -0.39 is 0 Å². The number of aryl methyl sites for hydroxylation is 3. The molecule has 5 nitrogen and oxygen atoms in total. The van der Waals surface area contributed by atoms with Gasteiger partial charge in [-0.3, -0.25) is 0 Å². The van der Waals surface area contributed by atoms with Gasteiger partial charge in [-0.05, 0) is 43.0 Å². The zero-order valence-corrected chi connectivity index (χ0v) is 17.0. The van der Waals surface area contributed by atoms with Gasteiger partial charge in [0, 0.05) is 17.7 Å². The van der Waals surface area contributed by atoms with Crippen LogP contribution in [-0.2, 0) is 12.8 Å². The zero-order chi connectivity index (χ0) is 20.4. The first-order chi connectivity index (χ1) is 14.1. The number of fused-ring (bicyclic) bond motifs is 1. The Labute approximate surface area is 170 Å². The normalized spacial score (nSPS) is 11.0. The fourth-order valence-electron chi connectivity index (χ4n) is 3.74. The van der Waals surface area contributed by atoms with E-state index in [9.17, 15) is 5.26 Å². The van der Waals surface area contributed by atoms with Gasteiger partial charge in [-0.15, -0.1) is 5.10 Å². The fourth-order valence-corrected chi connectivity index (χ4v) is 3.74. The van der Waals surface area contributed by atoms with Gasteiger partial charge in [0.05, 0.1) is 11.6 Å². The van der Waals surface area contributed by atoms with E-state index in [2.05, 4.69) is 47.3 Å². The van der Waals surface area contributed by atoms with Gasteiger partial charge in [0.15, 0.2) is 5.65 Å². The number of nitrogens with zero attached hydrogens (tertiary/aromatic N) is 5. The molecule has 0 saturated heterocycles. The first kappa shape index (κ1) is 18.8. The number of hydrogen-bond acceptors (Lipinski definition) is 4. The quantitative estimate of drug-likeness (QED) is 0.497. The van der Waals surface area contributed by atoms with Crippen molar-refractivity contribution in [2.75, 3.05) is 0 Å². The fraction of sp³-hybridized carbons (Fsp3) is 0.250. The summed E-state index contributed by atoms with van der Waals surface area (Å²) >= 11 is 0. The second-order valence-electron chi connectivity index (χ2n) is 7.26. The molecule has 4 aromatic rings. The average molecular weight is 381 g/mol. The van der Waals surface area contributed by atoms with Crippen molar-refractivity contribution >= 4 is 5.65 Å². The highest BCUT2D eigenvalue weighted by atomic mass is 15.3. The van der Waals surface area contributed by atoms with Gasteiger partial charge < -0.3 is 0 Å². The summed E-state index contributed by atoms with van der Waals surface area (Å²) in [5.41, 5.74) is 7.03. The van der Waals surface area contributed by atoms with Crippen LogP contribution in [0.1, 0.15) is 47.4 Å². The molecule has 0 aliphatic rings. The lowest BCUT2D eigenvalue weighted by Gasteiger charge is -2.12. The lowest BCUT2D eigenvalue weighted by atomic mass is 9.97. The SMILES string of the molecule is CCCc1nc(C)n2nc(C)nc2c1Cc1ccc(-c2ccccc2C#N)cc1. The van der Waals surface area contributed by atoms with E-state index in [1.54, 1.807) is 0 Å². The summed E-state index contributed by atoms with van der Waals surface area (Å²) in [5, 5.41) is 13.9. The van der Waals surface area contributed by atoms with Gasteiger partial charge in [0.2, 0.25) is 0 Å². The van der Waals surface area contributed by atoms with E-state index in [-0.39, 0.29) is 0 Å². The first-order valence-electron chi connectivity index (χ1n) is 9.91. The Kier molecular flexibility index (Phi) is 5.09. The van der Waals surface area contributed by atoms with Crippen LogP contribution in [-0.4, -0.2) is 19.6 Å². The van der Waals surface area contributed by atoms with Crippen LogP contribution in [0.4, 0.5) is 0 Å². The number of aromatic nitrogens is 4. The molecule has 2 heterocycles. The molecule has 0 unspecified atom stereocenters. The maximum Gasteiger partial charge on any atom is 0.163 e. The maximum absolute atomic E-state index is 9.36. The number of hydrogen-bond donors (Lipinski definition) is 0. The Morgan fingerprint density at radius 1 is 1.00 bits per heavy atom. The van der Waals surface area contributed by atoms with Crippen molar-refractivity contribution in [1.82, 2.24) is 19.6 Å². The minimum atomic E-state index is 0.689. The molecule has 0 aliphatic carbocycles. The Bertz CT molecular complexity index is 1210. The monoisotopic (exact) mass is 381 g/mol. The molecule has 0 radical (unpaired) electrons. The van der Waals surface area contributed by atoms with Crippen LogP contribution in [0.25, 0.3) is 16.8 Å². The highest BCUT2D eigenvalue weighted by Gasteiger charge is 2.16. The minimum absolute atomic E-state index is 0.689. The Hall–Kier alpha value is -3.52. The van der Waals surface area contributed by atoms with E-state index in [1.165, 1.54) is 5.56 Å². The van der Waals surface area contributed by atoms with E-state index >= 15 is 0 Å². The van der Waals surface area contributed by atoms with Gasteiger partial charge in [-0.25, -0.2) is 9.97 Å². The minimum Gasteiger partial charge on any atom is -0.238 e. The summed E-state index contributed by atoms with van der Waals surface area (Å²) in [6, 6.07) is 18.4. The van der Waals surface area contributed by atoms with Crippen LogP contribution in [0.3, 0.4) is 0 Å². The van der Waals surface area contributed by atoms with Gasteiger partial charge in [-0.1, -0.05) is 55.8 Å². The standard InChI is InChI=1S/C24H23N5/c1-4-7-23-22(24-26-16(2)28-29(24)17(3)27-23)14-18-10-12-19(13-11-18)21-9-6-5-8-20(21)15-25/h5-6,8-13H,4,7,14H2,1-3H3. The van der Waals surface area contributed by atoms with E-state index in [0.717, 1.165) is 58.9 Å². The summed E-state index contributed by atoms with van der Waals surface area (Å²) in [7, 11) is 0. The van der Waals surface area contributed by atoms with E-state index in [0.29, 0.717) is 5.56 Å². The number of nitriles is 1. The summed E-state index contributed by atoms with van der Waals surface area (Å²) in [5.74, 6) is 1.63.